The smallest absolute Gasteiger partial charge is 0.244 e. The second-order valence-electron chi connectivity index (χ2n) is 5.37. The number of nitrogens with one attached hydrogen (secondary N) is 1. The molecule has 0 spiro atoms. The molecular formula is C20H23NO4. The number of amides is 1. The van der Waals surface area contributed by atoms with Crippen molar-refractivity contribution in [3.8, 4) is 17.2 Å². The van der Waals surface area contributed by atoms with Gasteiger partial charge in [-0.15, -0.1) is 0 Å². The minimum absolute atomic E-state index is 0.197. The van der Waals surface area contributed by atoms with Crippen LogP contribution in [0.25, 0.3) is 6.08 Å². The van der Waals surface area contributed by atoms with Crippen molar-refractivity contribution in [3.63, 3.8) is 0 Å². The van der Waals surface area contributed by atoms with Crippen LogP contribution in [0, 0.1) is 6.92 Å². The molecule has 0 heterocycles. The summed E-state index contributed by atoms with van der Waals surface area (Å²) in [6.45, 7) is 2.84. The number of para-hydroxylation sites is 1. The second-order valence-corrected chi connectivity index (χ2v) is 5.37. The Morgan fingerprint density at radius 3 is 2.64 bits per heavy atom. The summed E-state index contributed by atoms with van der Waals surface area (Å²) in [6, 6.07) is 13.3. The normalized spacial score (nSPS) is 10.5. The van der Waals surface area contributed by atoms with E-state index in [4.69, 9.17) is 14.2 Å². The van der Waals surface area contributed by atoms with Crippen molar-refractivity contribution in [3.05, 3.63) is 59.7 Å². The maximum absolute atomic E-state index is 11.9. The molecule has 5 heteroatoms. The third-order valence-corrected chi connectivity index (χ3v) is 3.51. The van der Waals surface area contributed by atoms with Crippen LogP contribution >= 0.6 is 0 Å². The van der Waals surface area contributed by atoms with Gasteiger partial charge < -0.3 is 19.5 Å². The highest BCUT2D eigenvalue weighted by Gasteiger charge is 2.07. The summed E-state index contributed by atoms with van der Waals surface area (Å²) in [6.07, 6.45) is 3.15. The lowest BCUT2D eigenvalue weighted by Gasteiger charge is -2.10. The summed E-state index contributed by atoms with van der Waals surface area (Å²) >= 11 is 0. The lowest BCUT2D eigenvalue weighted by molar-refractivity contribution is -0.116. The Bertz CT molecular complexity index is 740. The summed E-state index contributed by atoms with van der Waals surface area (Å²) in [5, 5.41) is 2.78. The summed E-state index contributed by atoms with van der Waals surface area (Å²) in [5.41, 5.74) is 1.91. The van der Waals surface area contributed by atoms with Crippen molar-refractivity contribution in [2.75, 3.05) is 27.4 Å². The highest BCUT2D eigenvalue weighted by molar-refractivity contribution is 5.92. The quantitative estimate of drug-likeness (QED) is 0.592. The van der Waals surface area contributed by atoms with Gasteiger partial charge in [0.15, 0.2) is 11.5 Å². The summed E-state index contributed by atoms with van der Waals surface area (Å²) in [7, 11) is 3.14. The zero-order valence-electron chi connectivity index (χ0n) is 14.7. The Kier molecular flexibility index (Phi) is 6.89. The van der Waals surface area contributed by atoms with Crippen molar-refractivity contribution >= 4 is 12.0 Å². The zero-order valence-corrected chi connectivity index (χ0v) is 14.7. The van der Waals surface area contributed by atoms with Crippen LogP contribution in [0.2, 0.25) is 0 Å². The monoisotopic (exact) mass is 341 g/mol. The average molecular weight is 341 g/mol. The van der Waals surface area contributed by atoms with Crippen LogP contribution in [-0.2, 0) is 4.79 Å². The number of ether oxygens (including phenoxy) is 3. The molecule has 0 fully saturated rings. The third-order valence-electron chi connectivity index (χ3n) is 3.51. The maximum atomic E-state index is 11.9. The molecule has 2 rings (SSSR count). The molecule has 132 valence electrons. The fourth-order valence-electron chi connectivity index (χ4n) is 2.32. The summed E-state index contributed by atoms with van der Waals surface area (Å²) in [4.78, 5) is 11.9. The minimum Gasteiger partial charge on any atom is -0.493 e. The number of hydrogen-bond acceptors (Lipinski definition) is 4. The van der Waals surface area contributed by atoms with E-state index >= 15 is 0 Å². The Balaban J connectivity index is 1.83. The molecule has 25 heavy (non-hydrogen) atoms. The van der Waals surface area contributed by atoms with Gasteiger partial charge in [0.05, 0.1) is 20.8 Å². The lowest BCUT2D eigenvalue weighted by atomic mass is 10.1. The van der Waals surface area contributed by atoms with Crippen LogP contribution in [0.1, 0.15) is 11.1 Å². The highest BCUT2D eigenvalue weighted by atomic mass is 16.5. The molecular weight excluding hydrogens is 318 g/mol. The van der Waals surface area contributed by atoms with Crippen LogP contribution in [0.15, 0.2) is 48.5 Å². The number of methoxy groups -OCH3 is 2. The fraction of sp³-hybridized carbons (Fsp3) is 0.250. The first kappa shape index (κ1) is 18.4. The van der Waals surface area contributed by atoms with E-state index in [1.807, 2.05) is 43.3 Å². The molecule has 1 N–H and O–H groups in total. The number of hydrogen-bond donors (Lipinski definition) is 1. The van der Waals surface area contributed by atoms with E-state index in [9.17, 15) is 4.79 Å². The van der Waals surface area contributed by atoms with E-state index in [0.29, 0.717) is 24.7 Å². The van der Waals surface area contributed by atoms with Gasteiger partial charge in [-0.3, -0.25) is 4.79 Å². The van der Waals surface area contributed by atoms with Crippen LogP contribution in [0.5, 0.6) is 17.2 Å². The fourth-order valence-corrected chi connectivity index (χ4v) is 2.32. The Hall–Kier alpha value is -2.95. The molecule has 5 nitrogen and oxygen atoms in total. The molecule has 0 unspecified atom stereocenters. The van der Waals surface area contributed by atoms with Gasteiger partial charge in [0.1, 0.15) is 12.4 Å². The first-order chi connectivity index (χ1) is 12.1. The van der Waals surface area contributed by atoms with Gasteiger partial charge in [-0.05, 0) is 36.8 Å². The number of carbonyl (C=O) groups excluding carboxylic acids is 1. The highest BCUT2D eigenvalue weighted by Crippen LogP contribution is 2.31. The van der Waals surface area contributed by atoms with Crippen LogP contribution in [0.3, 0.4) is 0 Å². The second kappa shape index (κ2) is 9.37. The van der Waals surface area contributed by atoms with E-state index in [2.05, 4.69) is 5.32 Å². The third kappa shape index (κ3) is 5.57. The molecule has 2 aromatic rings. The zero-order chi connectivity index (χ0) is 18.1. The van der Waals surface area contributed by atoms with Crippen LogP contribution < -0.4 is 19.5 Å². The number of benzene rings is 2. The molecule has 0 aliphatic rings. The molecule has 0 aliphatic heterocycles. The predicted molar refractivity (Wildman–Crippen MR) is 98.3 cm³/mol. The van der Waals surface area contributed by atoms with Gasteiger partial charge in [0.2, 0.25) is 5.91 Å². The lowest BCUT2D eigenvalue weighted by Crippen LogP contribution is -2.26. The molecule has 0 radical (unpaired) electrons. The topological polar surface area (TPSA) is 56.8 Å². The van der Waals surface area contributed by atoms with E-state index in [0.717, 1.165) is 16.9 Å². The first-order valence-corrected chi connectivity index (χ1v) is 8.00. The predicted octanol–water partition coefficient (Wildman–Crippen LogP) is 3.22. The Labute approximate surface area is 148 Å². The van der Waals surface area contributed by atoms with E-state index in [1.54, 1.807) is 26.4 Å². The van der Waals surface area contributed by atoms with Crippen molar-refractivity contribution in [1.82, 2.24) is 5.32 Å². The van der Waals surface area contributed by atoms with Crippen molar-refractivity contribution in [2.24, 2.45) is 0 Å². The van der Waals surface area contributed by atoms with Crippen molar-refractivity contribution in [1.29, 1.82) is 0 Å². The Morgan fingerprint density at radius 2 is 1.92 bits per heavy atom. The largest absolute Gasteiger partial charge is 0.493 e. The molecule has 2 aromatic carbocycles. The summed E-state index contributed by atoms with van der Waals surface area (Å²) in [5.74, 6) is 1.82. The number of rotatable bonds is 8. The SMILES string of the molecule is COc1cccc(/C=C/C(=O)NCCOc2cccc(C)c2)c1OC. The molecule has 0 atom stereocenters. The average Bonchev–Trinajstić information content (AvgIpc) is 2.63. The number of aryl methyl sites for hydroxylation is 1. The van der Waals surface area contributed by atoms with Crippen LogP contribution in [-0.4, -0.2) is 33.3 Å². The van der Waals surface area contributed by atoms with Crippen molar-refractivity contribution in [2.45, 2.75) is 6.92 Å². The molecule has 0 saturated heterocycles. The Morgan fingerprint density at radius 1 is 1.12 bits per heavy atom. The van der Waals surface area contributed by atoms with E-state index in [-0.39, 0.29) is 5.91 Å². The molecule has 0 saturated carbocycles. The standard InChI is InChI=1S/C20H23NO4/c1-15-6-4-8-17(14-15)25-13-12-21-19(22)11-10-16-7-5-9-18(23-2)20(16)24-3/h4-11,14H,12-13H2,1-3H3,(H,21,22)/b11-10+. The van der Waals surface area contributed by atoms with Gasteiger partial charge in [-0.2, -0.15) is 0 Å². The van der Waals surface area contributed by atoms with Gasteiger partial charge in [-0.1, -0.05) is 24.3 Å². The van der Waals surface area contributed by atoms with Gasteiger partial charge in [0.25, 0.3) is 0 Å². The maximum Gasteiger partial charge on any atom is 0.244 e. The van der Waals surface area contributed by atoms with Gasteiger partial charge in [-0.25, -0.2) is 0 Å². The van der Waals surface area contributed by atoms with E-state index in [1.165, 1.54) is 6.08 Å². The minimum atomic E-state index is -0.197. The summed E-state index contributed by atoms with van der Waals surface area (Å²) < 4.78 is 16.2. The van der Waals surface area contributed by atoms with Crippen molar-refractivity contribution < 1.29 is 19.0 Å². The molecule has 0 aliphatic carbocycles. The van der Waals surface area contributed by atoms with E-state index < -0.39 is 0 Å². The molecule has 0 aromatic heterocycles. The van der Waals surface area contributed by atoms with Crippen LogP contribution in [0.4, 0.5) is 0 Å². The van der Waals surface area contributed by atoms with Gasteiger partial charge in [0, 0.05) is 11.6 Å². The first-order valence-electron chi connectivity index (χ1n) is 8.00. The van der Waals surface area contributed by atoms with Gasteiger partial charge >= 0.3 is 0 Å². The molecule has 1 amide bonds. The number of carbonyl (C=O) groups is 1. The molecule has 0 bridgehead atoms.